The van der Waals surface area contributed by atoms with Crippen LogP contribution in [0, 0.1) is 10.8 Å². The molecule has 9 heteroatoms. The van der Waals surface area contributed by atoms with Gasteiger partial charge in [-0.15, -0.1) is 0 Å². The number of rotatable bonds is 8. The van der Waals surface area contributed by atoms with Crippen LogP contribution >= 0.6 is 95.6 Å². The van der Waals surface area contributed by atoms with Crippen molar-refractivity contribution in [1.82, 2.24) is 0 Å². The number of hydrogen-bond acceptors (Lipinski definition) is 3. The fraction of sp³-hybridized carbons (Fsp3) is 0.500. The van der Waals surface area contributed by atoms with E-state index >= 15 is 0 Å². The van der Waals surface area contributed by atoms with Gasteiger partial charge in [-0.25, -0.2) is 0 Å². The Bertz CT molecular complexity index is 943. The highest BCUT2D eigenvalue weighted by atomic mass is 79.9. The van der Waals surface area contributed by atoms with E-state index in [0.717, 1.165) is 50.8 Å². The van der Waals surface area contributed by atoms with Crippen molar-refractivity contribution in [2.24, 2.45) is 10.8 Å². The molecule has 0 radical (unpaired) electrons. The van der Waals surface area contributed by atoms with Crippen LogP contribution in [0.25, 0.3) is 0 Å². The van der Waals surface area contributed by atoms with Crippen molar-refractivity contribution in [1.29, 1.82) is 0 Å². The van der Waals surface area contributed by atoms with E-state index in [4.69, 9.17) is 14.2 Å². The molecule has 2 atom stereocenters. The third-order valence-corrected chi connectivity index (χ3v) is 13.9. The molecule has 0 aliphatic carbocycles. The molecule has 2 aromatic rings. The molecule has 0 aromatic heterocycles. The van der Waals surface area contributed by atoms with Gasteiger partial charge in [0.1, 0.15) is 0 Å². The van der Waals surface area contributed by atoms with Crippen LogP contribution in [-0.4, -0.2) is 26.4 Å². The minimum atomic E-state index is -0.154. The van der Waals surface area contributed by atoms with Gasteiger partial charge in [0, 0.05) is 37.7 Å². The second-order valence-electron chi connectivity index (χ2n) is 8.84. The summed E-state index contributed by atoms with van der Waals surface area (Å²) in [5, 5.41) is 0. The summed E-state index contributed by atoms with van der Waals surface area (Å²) in [5.74, 6) is 0. The molecule has 2 heterocycles. The zero-order chi connectivity index (χ0) is 24.0. The summed E-state index contributed by atoms with van der Waals surface area (Å²) in [4.78, 5) is 0. The minimum absolute atomic E-state index is 0.0906. The SMILES string of the molecule is CCC1(C(OC(c2ccc(Br)c(Br)c2Br)C2(CC)COC2)c2ccc(Br)c(Br)c2Br)COC1. The molecule has 3 nitrogen and oxygen atoms in total. The van der Waals surface area contributed by atoms with Crippen LogP contribution in [0.3, 0.4) is 0 Å². The van der Waals surface area contributed by atoms with Crippen molar-refractivity contribution < 1.29 is 14.2 Å². The Morgan fingerprint density at radius 1 is 0.667 bits per heavy atom. The van der Waals surface area contributed by atoms with Gasteiger partial charge in [-0.05, 0) is 132 Å². The van der Waals surface area contributed by atoms with Gasteiger partial charge < -0.3 is 14.2 Å². The van der Waals surface area contributed by atoms with Crippen molar-refractivity contribution in [3.05, 3.63) is 62.2 Å². The zero-order valence-corrected chi connectivity index (χ0v) is 27.7. The Morgan fingerprint density at radius 2 is 1.03 bits per heavy atom. The maximum absolute atomic E-state index is 7.28. The molecule has 0 bridgehead atoms. The van der Waals surface area contributed by atoms with Crippen LogP contribution < -0.4 is 0 Å². The Balaban J connectivity index is 1.86. The first kappa shape index (κ1) is 27.2. The topological polar surface area (TPSA) is 27.7 Å². The molecule has 180 valence electrons. The molecule has 2 unspecified atom stereocenters. The van der Waals surface area contributed by atoms with E-state index in [1.54, 1.807) is 0 Å². The summed E-state index contributed by atoms with van der Waals surface area (Å²) in [7, 11) is 0. The van der Waals surface area contributed by atoms with Gasteiger partial charge >= 0.3 is 0 Å². The molecule has 2 fully saturated rings. The lowest BCUT2D eigenvalue weighted by molar-refractivity contribution is -0.255. The van der Waals surface area contributed by atoms with E-state index in [-0.39, 0.29) is 23.0 Å². The van der Waals surface area contributed by atoms with Gasteiger partial charge in [-0.2, -0.15) is 0 Å². The molecule has 2 saturated heterocycles. The second-order valence-corrected chi connectivity index (χ2v) is 13.7. The predicted molar refractivity (Wildman–Crippen MR) is 153 cm³/mol. The first-order valence-corrected chi connectivity index (χ1v) is 15.5. The number of ether oxygens (including phenoxy) is 3. The summed E-state index contributed by atoms with van der Waals surface area (Å²) in [6, 6.07) is 8.46. The maximum Gasteiger partial charge on any atom is 0.0945 e. The highest BCUT2D eigenvalue weighted by Crippen LogP contribution is 2.56. The van der Waals surface area contributed by atoms with Gasteiger partial charge in [0.15, 0.2) is 0 Å². The summed E-state index contributed by atoms with van der Waals surface area (Å²) in [6.45, 7) is 7.18. The van der Waals surface area contributed by atoms with Crippen molar-refractivity contribution in [3.8, 4) is 0 Å². The largest absolute Gasteiger partial charge is 0.380 e. The molecule has 4 rings (SSSR count). The summed E-state index contributed by atoms with van der Waals surface area (Å²) in [6.07, 6.45) is 1.62. The average molecular weight is 840 g/mol. The highest BCUT2D eigenvalue weighted by molar-refractivity contribution is 9.15. The first-order chi connectivity index (χ1) is 15.7. The first-order valence-electron chi connectivity index (χ1n) is 10.8. The standard InChI is InChI=1S/C24H24Br6O3/c1-3-23(9-31-10-23)21(13-5-7-15(25)19(29)17(13)27)33-22(24(4-2)11-32-12-24)14-6-8-16(26)20(30)18(14)28/h5-8,21-22H,3-4,9-12H2,1-2H3. The fourth-order valence-electron chi connectivity index (χ4n) is 4.53. The van der Waals surface area contributed by atoms with E-state index in [1.165, 1.54) is 0 Å². The lowest BCUT2D eigenvalue weighted by Gasteiger charge is -2.52. The molecule has 0 N–H and O–H groups in total. The van der Waals surface area contributed by atoms with Crippen LogP contribution in [0.2, 0.25) is 0 Å². The van der Waals surface area contributed by atoms with Gasteiger partial charge in [-0.3, -0.25) is 0 Å². The van der Waals surface area contributed by atoms with E-state index in [9.17, 15) is 0 Å². The minimum Gasteiger partial charge on any atom is -0.380 e. The monoisotopic (exact) mass is 834 g/mol. The zero-order valence-electron chi connectivity index (χ0n) is 18.2. The quantitative estimate of drug-likeness (QED) is 0.248. The third kappa shape index (κ3) is 4.90. The lowest BCUT2D eigenvalue weighted by Crippen LogP contribution is -2.52. The summed E-state index contributed by atoms with van der Waals surface area (Å²) >= 11 is 22.4. The lowest BCUT2D eigenvalue weighted by atomic mass is 9.72. The molecule has 0 spiro atoms. The molecule has 2 aliphatic heterocycles. The Labute approximate surface area is 245 Å². The number of halogens is 6. The second kappa shape index (κ2) is 10.9. The normalized spacial score (nSPS) is 20.6. The molecule has 0 amide bonds. The van der Waals surface area contributed by atoms with Crippen LogP contribution in [-0.2, 0) is 14.2 Å². The van der Waals surface area contributed by atoms with Crippen molar-refractivity contribution in [3.63, 3.8) is 0 Å². The Morgan fingerprint density at radius 3 is 1.30 bits per heavy atom. The van der Waals surface area contributed by atoms with Gasteiger partial charge in [0.25, 0.3) is 0 Å². The number of benzene rings is 2. The van der Waals surface area contributed by atoms with Crippen molar-refractivity contribution >= 4 is 95.6 Å². The van der Waals surface area contributed by atoms with E-state index in [2.05, 4.69) is 134 Å². The molecular weight excluding hydrogens is 816 g/mol. The molecule has 0 saturated carbocycles. The Hall–Kier alpha value is 1.20. The van der Waals surface area contributed by atoms with E-state index < -0.39 is 0 Å². The number of hydrogen-bond donors (Lipinski definition) is 0. The van der Waals surface area contributed by atoms with E-state index in [0.29, 0.717) is 26.4 Å². The van der Waals surface area contributed by atoms with Gasteiger partial charge in [0.2, 0.25) is 0 Å². The Kier molecular flexibility index (Phi) is 9.00. The van der Waals surface area contributed by atoms with Crippen LogP contribution in [0.4, 0.5) is 0 Å². The van der Waals surface area contributed by atoms with Crippen LogP contribution in [0.1, 0.15) is 50.0 Å². The highest BCUT2D eigenvalue weighted by Gasteiger charge is 2.52. The van der Waals surface area contributed by atoms with Crippen molar-refractivity contribution in [2.75, 3.05) is 26.4 Å². The molecule has 33 heavy (non-hydrogen) atoms. The van der Waals surface area contributed by atoms with E-state index in [1.807, 2.05) is 0 Å². The predicted octanol–water partition coefficient (Wildman–Crippen LogP) is 9.91. The molecular formula is C24H24Br6O3. The van der Waals surface area contributed by atoms with Crippen molar-refractivity contribution in [2.45, 2.75) is 38.9 Å². The molecule has 2 aromatic carbocycles. The average Bonchev–Trinajstić information content (AvgIpc) is 2.74. The van der Waals surface area contributed by atoms with Gasteiger partial charge in [0.05, 0.1) is 38.6 Å². The smallest absolute Gasteiger partial charge is 0.0945 e. The molecule has 2 aliphatic rings. The maximum atomic E-state index is 7.28. The van der Waals surface area contributed by atoms with Crippen LogP contribution in [0.5, 0.6) is 0 Å². The third-order valence-electron chi connectivity index (χ3n) is 7.05. The summed E-state index contributed by atoms with van der Waals surface area (Å²) < 4.78 is 24.8. The fourth-order valence-corrected chi connectivity index (χ4v) is 7.55. The summed E-state index contributed by atoms with van der Waals surface area (Å²) in [5.41, 5.74) is 2.07. The van der Waals surface area contributed by atoms with Gasteiger partial charge in [-0.1, -0.05) is 26.0 Å². The van der Waals surface area contributed by atoms with Crippen LogP contribution in [0.15, 0.2) is 51.1 Å².